The van der Waals surface area contributed by atoms with Crippen LogP contribution in [0.3, 0.4) is 0 Å². The van der Waals surface area contributed by atoms with E-state index in [-0.39, 0.29) is 12.1 Å². The fourth-order valence-electron chi connectivity index (χ4n) is 1.77. The molecule has 0 bridgehead atoms. The Balaban J connectivity index is 2.31. The van der Waals surface area contributed by atoms with E-state index >= 15 is 0 Å². The second kappa shape index (κ2) is 6.31. The number of hydrogen-bond acceptors (Lipinski definition) is 3. The van der Waals surface area contributed by atoms with E-state index in [9.17, 15) is 13.6 Å². The minimum Gasteiger partial charge on any atom is -0.755 e. The molecule has 2 aromatic rings. The van der Waals surface area contributed by atoms with Crippen LogP contribution in [0.4, 0.5) is 5.69 Å². The number of rotatable bonds is 5. The summed E-state index contributed by atoms with van der Waals surface area (Å²) in [5, 5.41) is 8.95. The van der Waals surface area contributed by atoms with Gasteiger partial charge >= 0.3 is 5.97 Å². The molecule has 0 saturated carbocycles. The van der Waals surface area contributed by atoms with Crippen LogP contribution in [-0.4, -0.2) is 19.8 Å². The zero-order chi connectivity index (χ0) is 14.5. The molecular formula is C14H12NO4S-. The first-order chi connectivity index (χ1) is 9.58. The summed E-state index contributed by atoms with van der Waals surface area (Å²) in [5.74, 6) is -1.09. The molecule has 5 nitrogen and oxygen atoms in total. The maximum absolute atomic E-state index is 11.4. The SMILES string of the molecule is O=C(O)c1cccc(N(Cc2ccccc2)S(=O)[O-])c1. The predicted molar refractivity (Wildman–Crippen MR) is 74.9 cm³/mol. The number of carbonyl (C=O) groups is 1. The highest BCUT2D eigenvalue weighted by Crippen LogP contribution is 2.20. The van der Waals surface area contributed by atoms with Crippen molar-refractivity contribution in [3.05, 3.63) is 65.7 Å². The zero-order valence-corrected chi connectivity index (χ0v) is 11.2. The van der Waals surface area contributed by atoms with Crippen LogP contribution in [0, 0.1) is 0 Å². The van der Waals surface area contributed by atoms with E-state index in [1.807, 2.05) is 18.2 Å². The average Bonchev–Trinajstić information content (AvgIpc) is 2.45. The molecule has 0 aliphatic carbocycles. The second-order valence-electron chi connectivity index (χ2n) is 4.09. The van der Waals surface area contributed by atoms with Crippen LogP contribution < -0.4 is 4.31 Å². The van der Waals surface area contributed by atoms with Crippen molar-refractivity contribution >= 4 is 22.9 Å². The standard InChI is InChI=1S/C14H13NO4S/c16-14(17)12-7-4-8-13(9-12)15(20(18)19)10-11-5-2-1-3-6-11/h1-9H,10H2,(H,16,17)(H,18,19)/p-1. The highest BCUT2D eigenvalue weighted by atomic mass is 32.2. The van der Waals surface area contributed by atoms with Crippen LogP contribution in [0.25, 0.3) is 0 Å². The number of carboxylic acid groups (broad SMARTS) is 1. The Labute approximate surface area is 118 Å². The maximum Gasteiger partial charge on any atom is 0.335 e. The Morgan fingerprint density at radius 2 is 1.85 bits per heavy atom. The molecule has 0 aromatic heterocycles. The summed E-state index contributed by atoms with van der Waals surface area (Å²) in [6, 6.07) is 14.9. The maximum atomic E-state index is 11.4. The third kappa shape index (κ3) is 3.43. The fraction of sp³-hybridized carbons (Fsp3) is 0.0714. The van der Waals surface area contributed by atoms with E-state index < -0.39 is 17.2 Å². The van der Waals surface area contributed by atoms with E-state index in [2.05, 4.69) is 0 Å². The number of hydrogen-bond donors (Lipinski definition) is 1. The largest absolute Gasteiger partial charge is 0.755 e. The van der Waals surface area contributed by atoms with Crippen LogP contribution >= 0.6 is 0 Å². The third-order valence-electron chi connectivity index (χ3n) is 2.73. The Bertz CT molecular complexity index is 630. The van der Waals surface area contributed by atoms with E-state index in [1.165, 1.54) is 18.2 Å². The second-order valence-corrected chi connectivity index (χ2v) is 4.97. The van der Waals surface area contributed by atoms with E-state index in [0.29, 0.717) is 5.69 Å². The average molecular weight is 290 g/mol. The molecule has 104 valence electrons. The zero-order valence-electron chi connectivity index (χ0n) is 10.4. The van der Waals surface area contributed by atoms with Crippen molar-refractivity contribution in [1.29, 1.82) is 0 Å². The highest BCUT2D eigenvalue weighted by Gasteiger charge is 2.11. The van der Waals surface area contributed by atoms with Gasteiger partial charge in [-0.25, -0.2) is 4.79 Å². The Hall–Kier alpha value is -2.18. The van der Waals surface area contributed by atoms with Gasteiger partial charge in [-0.15, -0.1) is 0 Å². The van der Waals surface area contributed by atoms with Crippen molar-refractivity contribution in [1.82, 2.24) is 0 Å². The topological polar surface area (TPSA) is 80.7 Å². The fourth-order valence-corrected chi connectivity index (χ4v) is 2.31. The Morgan fingerprint density at radius 3 is 2.45 bits per heavy atom. The van der Waals surface area contributed by atoms with Crippen molar-refractivity contribution < 1.29 is 18.7 Å². The molecule has 1 N–H and O–H groups in total. The first-order valence-electron chi connectivity index (χ1n) is 5.82. The molecule has 0 heterocycles. The first-order valence-corrected chi connectivity index (χ1v) is 6.85. The Kier molecular flexibility index (Phi) is 4.49. The summed E-state index contributed by atoms with van der Waals surface area (Å²) in [7, 11) is 0. The summed E-state index contributed by atoms with van der Waals surface area (Å²) in [4.78, 5) is 10.9. The summed E-state index contributed by atoms with van der Waals surface area (Å²) in [6.45, 7) is 0.153. The van der Waals surface area contributed by atoms with Crippen molar-refractivity contribution in [3.8, 4) is 0 Å². The van der Waals surface area contributed by atoms with Gasteiger partial charge in [0.25, 0.3) is 0 Å². The monoisotopic (exact) mass is 290 g/mol. The van der Waals surface area contributed by atoms with Gasteiger partial charge in [0.1, 0.15) is 0 Å². The summed E-state index contributed by atoms with van der Waals surface area (Å²) < 4.78 is 23.8. The van der Waals surface area contributed by atoms with E-state index in [1.54, 1.807) is 18.2 Å². The normalized spacial score (nSPS) is 11.8. The quantitative estimate of drug-likeness (QED) is 0.856. The van der Waals surface area contributed by atoms with Crippen molar-refractivity contribution in [3.63, 3.8) is 0 Å². The summed E-state index contributed by atoms with van der Waals surface area (Å²) >= 11 is -2.49. The van der Waals surface area contributed by atoms with Crippen molar-refractivity contribution in [2.24, 2.45) is 0 Å². The van der Waals surface area contributed by atoms with Crippen molar-refractivity contribution in [2.45, 2.75) is 6.54 Å². The van der Waals surface area contributed by atoms with Crippen LogP contribution in [0.5, 0.6) is 0 Å². The molecule has 0 aliphatic rings. The molecule has 0 aliphatic heterocycles. The molecule has 1 unspecified atom stereocenters. The van der Waals surface area contributed by atoms with Crippen LogP contribution in [0.1, 0.15) is 15.9 Å². The predicted octanol–water partition coefficient (Wildman–Crippen LogP) is 2.19. The molecule has 0 fully saturated rings. The molecule has 0 spiro atoms. The van der Waals surface area contributed by atoms with Gasteiger partial charge in [0.2, 0.25) is 0 Å². The first kappa shape index (κ1) is 14.2. The highest BCUT2D eigenvalue weighted by molar-refractivity contribution is 7.80. The molecule has 0 saturated heterocycles. The lowest BCUT2D eigenvalue weighted by atomic mass is 10.2. The number of nitrogens with zero attached hydrogens (tertiary/aromatic N) is 1. The Morgan fingerprint density at radius 1 is 1.15 bits per heavy atom. The molecule has 6 heteroatoms. The lowest BCUT2D eigenvalue weighted by Gasteiger charge is -2.26. The number of aromatic carboxylic acids is 1. The van der Waals surface area contributed by atoms with Gasteiger partial charge < -0.3 is 9.66 Å². The molecule has 0 amide bonds. The van der Waals surface area contributed by atoms with Gasteiger partial charge in [-0.05, 0) is 23.8 Å². The smallest absolute Gasteiger partial charge is 0.335 e. The summed E-state index contributed by atoms with van der Waals surface area (Å²) in [6.07, 6.45) is 0. The summed E-state index contributed by atoms with van der Waals surface area (Å²) in [5.41, 5.74) is 1.19. The molecule has 0 radical (unpaired) electrons. The lowest BCUT2D eigenvalue weighted by Crippen LogP contribution is -2.25. The number of benzene rings is 2. The van der Waals surface area contributed by atoms with Gasteiger partial charge in [0.05, 0.1) is 12.1 Å². The van der Waals surface area contributed by atoms with E-state index in [0.717, 1.165) is 9.87 Å². The van der Waals surface area contributed by atoms with Crippen LogP contribution in [0.15, 0.2) is 54.6 Å². The van der Waals surface area contributed by atoms with Gasteiger partial charge in [-0.1, -0.05) is 36.4 Å². The molecule has 1 atom stereocenters. The number of carboxylic acids is 1. The number of anilines is 1. The van der Waals surface area contributed by atoms with Gasteiger partial charge in [-0.2, -0.15) is 0 Å². The minimum absolute atomic E-state index is 0.0472. The molecule has 20 heavy (non-hydrogen) atoms. The van der Waals surface area contributed by atoms with Gasteiger partial charge in [-0.3, -0.25) is 8.51 Å². The van der Waals surface area contributed by atoms with Gasteiger partial charge in [0.15, 0.2) is 0 Å². The minimum atomic E-state index is -2.49. The third-order valence-corrected chi connectivity index (χ3v) is 3.43. The van der Waals surface area contributed by atoms with Crippen molar-refractivity contribution in [2.75, 3.05) is 4.31 Å². The lowest BCUT2D eigenvalue weighted by molar-refractivity contribution is 0.0697. The van der Waals surface area contributed by atoms with Gasteiger partial charge in [0, 0.05) is 17.0 Å². The molecule has 2 rings (SSSR count). The van der Waals surface area contributed by atoms with E-state index in [4.69, 9.17) is 5.11 Å². The van der Waals surface area contributed by atoms with Crippen LogP contribution in [0.2, 0.25) is 0 Å². The van der Waals surface area contributed by atoms with Crippen LogP contribution in [-0.2, 0) is 17.8 Å². The molecule has 2 aromatic carbocycles. The molecular weight excluding hydrogens is 278 g/mol.